The second-order valence-corrected chi connectivity index (χ2v) is 3.86. The Balaban J connectivity index is 4.23. The third-order valence-electron chi connectivity index (χ3n) is 1.12. The van der Waals surface area contributed by atoms with Crippen LogP contribution in [0.25, 0.3) is 0 Å². The molecule has 1 N–H and O–H groups in total. The molecule has 0 saturated carbocycles. The molecule has 0 fully saturated rings. The smallest absolute Gasteiger partial charge is 0.346 e. The van der Waals surface area contributed by atoms with Crippen molar-refractivity contribution in [3.05, 3.63) is 0 Å². The fourth-order valence-electron chi connectivity index (χ4n) is 0.449. The summed E-state index contributed by atoms with van der Waals surface area (Å²) in [6, 6.07) is 0. The molecule has 0 radical (unpaired) electrons. The number of rotatable bonds is 2. The Bertz CT molecular complexity index is 170. The first-order valence-corrected chi connectivity index (χ1v) is 3.72. The van der Waals surface area contributed by atoms with Crippen LogP contribution in [0.5, 0.6) is 0 Å². The minimum absolute atomic E-state index is 0.723. The van der Waals surface area contributed by atoms with Crippen molar-refractivity contribution in [2.45, 2.75) is 39.0 Å². The summed E-state index contributed by atoms with van der Waals surface area (Å²) in [5.41, 5.74) is -3.02. The zero-order valence-electron chi connectivity index (χ0n) is 7.85. The normalized spacial score (nSPS) is 16.8. The van der Waals surface area contributed by atoms with Gasteiger partial charge in [0, 0.05) is 0 Å². The summed E-state index contributed by atoms with van der Waals surface area (Å²) >= 11 is 0. The summed E-state index contributed by atoms with van der Waals surface area (Å²) in [4.78, 5) is 11.0. The van der Waals surface area contributed by atoms with Crippen molar-refractivity contribution in [2.75, 3.05) is 6.61 Å². The van der Waals surface area contributed by atoms with Gasteiger partial charge < -0.3 is 9.84 Å². The standard InChI is InChI=1S/C8H15FO3/c1-7(2,3)12-6(11)8(4,9)5-10/h10H,5H2,1-4H3. The average Bonchev–Trinajstić information content (AvgIpc) is 1.84. The third kappa shape index (κ3) is 3.67. The van der Waals surface area contributed by atoms with E-state index in [2.05, 4.69) is 0 Å². The van der Waals surface area contributed by atoms with E-state index in [9.17, 15) is 9.18 Å². The topological polar surface area (TPSA) is 46.5 Å². The molecular formula is C8H15FO3. The maximum absolute atomic E-state index is 13.0. The van der Waals surface area contributed by atoms with Crippen LogP contribution in [0.15, 0.2) is 0 Å². The van der Waals surface area contributed by atoms with Crippen molar-refractivity contribution in [3.8, 4) is 0 Å². The highest BCUT2D eigenvalue weighted by atomic mass is 19.1. The number of alkyl halides is 1. The van der Waals surface area contributed by atoms with Crippen molar-refractivity contribution in [1.29, 1.82) is 0 Å². The van der Waals surface area contributed by atoms with Gasteiger partial charge in [0.15, 0.2) is 0 Å². The lowest BCUT2D eigenvalue weighted by molar-refractivity contribution is -0.170. The molecule has 0 aliphatic rings. The summed E-state index contributed by atoms with van der Waals surface area (Å²) in [7, 11) is 0. The zero-order chi connectivity index (χ0) is 9.99. The Labute approximate surface area is 71.5 Å². The van der Waals surface area contributed by atoms with Crippen molar-refractivity contribution >= 4 is 5.97 Å². The molecular weight excluding hydrogens is 163 g/mol. The van der Waals surface area contributed by atoms with Crippen molar-refractivity contribution < 1.29 is 19.0 Å². The first-order chi connectivity index (χ1) is 5.19. The van der Waals surface area contributed by atoms with E-state index in [1.807, 2.05) is 0 Å². The second-order valence-electron chi connectivity index (χ2n) is 3.86. The molecule has 0 aromatic rings. The lowest BCUT2D eigenvalue weighted by Crippen LogP contribution is -2.40. The van der Waals surface area contributed by atoms with Crippen LogP contribution in [0.3, 0.4) is 0 Å². The average molecular weight is 178 g/mol. The predicted octanol–water partition coefficient (Wildman–Crippen LogP) is 1.05. The Hall–Kier alpha value is -0.640. The van der Waals surface area contributed by atoms with Crippen LogP contribution in [0, 0.1) is 0 Å². The SMILES string of the molecule is CC(C)(C)OC(=O)C(C)(F)CO. The van der Waals surface area contributed by atoms with Crippen LogP contribution < -0.4 is 0 Å². The van der Waals surface area contributed by atoms with E-state index in [-0.39, 0.29) is 0 Å². The molecule has 1 unspecified atom stereocenters. The fraction of sp³-hybridized carbons (Fsp3) is 0.875. The molecule has 12 heavy (non-hydrogen) atoms. The number of aliphatic hydroxyl groups excluding tert-OH is 1. The number of halogens is 1. The summed E-state index contributed by atoms with van der Waals surface area (Å²) in [6.45, 7) is 5.04. The predicted molar refractivity (Wildman–Crippen MR) is 42.4 cm³/mol. The van der Waals surface area contributed by atoms with Crippen LogP contribution in [-0.2, 0) is 9.53 Å². The number of carbonyl (C=O) groups excluding carboxylic acids is 1. The van der Waals surface area contributed by atoms with Gasteiger partial charge in [0.05, 0.1) is 6.61 Å². The quantitative estimate of drug-likeness (QED) is 0.643. The Morgan fingerprint density at radius 3 is 2.08 bits per heavy atom. The Morgan fingerprint density at radius 2 is 1.83 bits per heavy atom. The van der Waals surface area contributed by atoms with Crippen LogP contribution in [0.4, 0.5) is 4.39 Å². The molecule has 0 aliphatic heterocycles. The van der Waals surface area contributed by atoms with Gasteiger partial charge >= 0.3 is 5.97 Å². The second kappa shape index (κ2) is 3.39. The molecule has 0 heterocycles. The molecule has 0 spiro atoms. The Kier molecular flexibility index (Phi) is 3.21. The number of hydrogen-bond acceptors (Lipinski definition) is 3. The first kappa shape index (κ1) is 11.4. The summed E-state index contributed by atoms with van der Waals surface area (Å²) < 4.78 is 17.7. The summed E-state index contributed by atoms with van der Waals surface area (Å²) in [5.74, 6) is -1.03. The minimum Gasteiger partial charge on any atom is -0.458 e. The molecule has 4 heteroatoms. The molecule has 0 aromatic heterocycles. The van der Waals surface area contributed by atoms with E-state index in [1.54, 1.807) is 20.8 Å². The third-order valence-corrected chi connectivity index (χ3v) is 1.12. The summed E-state index contributed by atoms with van der Waals surface area (Å²) in [6.07, 6.45) is 0. The number of hydrogen-bond donors (Lipinski definition) is 1. The van der Waals surface area contributed by atoms with E-state index in [1.165, 1.54) is 0 Å². The van der Waals surface area contributed by atoms with Crippen molar-refractivity contribution in [1.82, 2.24) is 0 Å². The van der Waals surface area contributed by atoms with Crippen LogP contribution in [0.1, 0.15) is 27.7 Å². The Morgan fingerprint density at radius 1 is 1.42 bits per heavy atom. The van der Waals surface area contributed by atoms with Gasteiger partial charge in [-0.3, -0.25) is 0 Å². The number of aliphatic hydroxyl groups is 1. The van der Waals surface area contributed by atoms with E-state index in [0.29, 0.717) is 0 Å². The maximum atomic E-state index is 13.0. The highest BCUT2D eigenvalue weighted by molar-refractivity contribution is 5.79. The molecule has 3 nitrogen and oxygen atoms in total. The summed E-state index contributed by atoms with van der Waals surface area (Å²) in [5, 5.41) is 8.49. The van der Waals surface area contributed by atoms with E-state index in [4.69, 9.17) is 9.84 Å². The van der Waals surface area contributed by atoms with E-state index in [0.717, 1.165) is 6.92 Å². The monoisotopic (exact) mass is 178 g/mol. The van der Waals surface area contributed by atoms with Gasteiger partial charge in [0.1, 0.15) is 5.60 Å². The minimum atomic E-state index is -2.30. The van der Waals surface area contributed by atoms with Crippen LogP contribution >= 0.6 is 0 Å². The van der Waals surface area contributed by atoms with Crippen molar-refractivity contribution in [2.24, 2.45) is 0 Å². The lowest BCUT2D eigenvalue weighted by atomic mass is 10.1. The van der Waals surface area contributed by atoms with Gasteiger partial charge in [0.2, 0.25) is 5.67 Å². The zero-order valence-corrected chi connectivity index (χ0v) is 7.85. The highest BCUT2D eigenvalue weighted by Crippen LogP contribution is 2.16. The molecule has 0 bridgehead atoms. The van der Waals surface area contributed by atoms with Gasteiger partial charge in [-0.2, -0.15) is 0 Å². The lowest BCUT2D eigenvalue weighted by Gasteiger charge is -2.24. The van der Waals surface area contributed by atoms with Crippen molar-refractivity contribution in [3.63, 3.8) is 0 Å². The molecule has 0 rings (SSSR count). The molecule has 0 aromatic carbocycles. The highest BCUT2D eigenvalue weighted by Gasteiger charge is 2.36. The van der Waals surface area contributed by atoms with Gasteiger partial charge in [0.25, 0.3) is 0 Å². The molecule has 0 saturated heterocycles. The van der Waals surface area contributed by atoms with Crippen LogP contribution in [-0.4, -0.2) is 29.0 Å². The van der Waals surface area contributed by atoms with Gasteiger partial charge in [-0.15, -0.1) is 0 Å². The number of ether oxygens (including phenoxy) is 1. The van der Waals surface area contributed by atoms with E-state index >= 15 is 0 Å². The molecule has 0 amide bonds. The molecule has 1 atom stereocenters. The molecule has 72 valence electrons. The van der Waals surface area contributed by atoms with Gasteiger partial charge in [-0.1, -0.05) is 0 Å². The number of carbonyl (C=O) groups is 1. The number of esters is 1. The van der Waals surface area contributed by atoms with Gasteiger partial charge in [-0.25, -0.2) is 9.18 Å². The van der Waals surface area contributed by atoms with Crippen LogP contribution in [0.2, 0.25) is 0 Å². The fourth-order valence-corrected chi connectivity index (χ4v) is 0.449. The maximum Gasteiger partial charge on any atom is 0.346 e. The molecule has 0 aliphatic carbocycles. The van der Waals surface area contributed by atoms with Gasteiger partial charge in [-0.05, 0) is 27.7 Å². The first-order valence-electron chi connectivity index (χ1n) is 3.72. The van der Waals surface area contributed by atoms with E-state index < -0.39 is 23.8 Å². The largest absolute Gasteiger partial charge is 0.458 e.